The van der Waals surface area contributed by atoms with E-state index in [9.17, 15) is 9.59 Å². The van der Waals surface area contributed by atoms with E-state index < -0.39 is 5.72 Å². The lowest BCUT2D eigenvalue weighted by Gasteiger charge is -2.38. The lowest BCUT2D eigenvalue weighted by molar-refractivity contribution is -0.147. The van der Waals surface area contributed by atoms with Crippen LogP contribution < -0.4 is 10.2 Å². The summed E-state index contributed by atoms with van der Waals surface area (Å²) in [6, 6.07) is 15.7. The van der Waals surface area contributed by atoms with Gasteiger partial charge in [0.1, 0.15) is 6.54 Å². The Kier molecular flexibility index (Phi) is 3.84. The molecule has 1 N–H and O–H groups in total. The van der Waals surface area contributed by atoms with E-state index in [1.165, 1.54) is 12.5 Å². The zero-order chi connectivity index (χ0) is 19.2. The molecule has 138 valence electrons. The first-order chi connectivity index (χ1) is 12.8. The first-order valence-corrected chi connectivity index (χ1v) is 8.99. The van der Waals surface area contributed by atoms with Crippen LogP contribution in [-0.2, 0) is 19.7 Å². The first-order valence-electron chi connectivity index (χ1n) is 8.99. The van der Waals surface area contributed by atoms with Crippen LogP contribution in [0.2, 0.25) is 0 Å². The highest BCUT2D eigenvalue weighted by molar-refractivity contribution is 5.89. The molecule has 1 saturated heterocycles. The lowest BCUT2D eigenvalue weighted by atomic mass is 9.77. The molecule has 0 saturated carbocycles. The van der Waals surface area contributed by atoms with Crippen LogP contribution >= 0.6 is 0 Å². The summed E-state index contributed by atoms with van der Waals surface area (Å²) in [6.45, 7) is 5.94. The van der Waals surface area contributed by atoms with Gasteiger partial charge in [-0.05, 0) is 49.2 Å². The number of nitrogens with one attached hydrogen (secondary N) is 1. The molecular weight excluding hydrogens is 340 g/mol. The minimum atomic E-state index is -0.843. The van der Waals surface area contributed by atoms with Gasteiger partial charge in [-0.15, -0.1) is 0 Å². The van der Waals surface area contributed by atoms with E-state index >= 15 is 0 Å². The Labute approximate surface area is 158 Å². The number of hydrogen-bond donors (Lipinski definition) is 1. The maximum atomic E-state index is 12.2. The third kappa shape index (κ3) is 2.62. The quantitative estimate of drug-likeness (QED) is 0.846. The molecule has 1 unspecified atom stereocenters. The summed E-state index contributed by atoms with van der Waals surface area (Å²) in [5, 5.41) is 2.76. The van der Waals surface area contributed by atoms with Crippen LogP contribution in [0.5, 0.6) is 0 Å². The second kappa shape index (κ2) is 5.98. The molecule has 0 radical (unpaired) electrons. The molecule has 2 aromatic carbocycles. The number of nitrogens with zero attached hydrogens (tertiary/aromatic N) is 1. The van der Waals surface area contributed by atoms with Crippen LogP contribution in [0, 0.1) is 0 Å². The smallest absolute Gasteiger partial charge is 0.328 e. The molecule has 0 bridgehead atoms. The van der Waals surface area contributed by atoms with Crippen molar-refractivity contribution in [1.29, 1.82) is 0 Å². The Morgan fingerprint density at radius 2 is 1.85 bits per heavy atom. The van der Waals surface area contributed by atoms with E-state index in [1.54, 1.807) is 0 Å². The average molecular weight is 362 g/mol. The first kappa shape index (κ1) is 17.3. The summed E-state index contributed by atoms with van der Waals surface area (Å²) in [6.07, 6.45) is 3.95. The highest BCUT2D eigenvalue weighted by Gasteiger charge is 2.62. The summed E-state index contributed by atoms with van der Waals surface area (Å²) in [5.41, 5.74) is 2.70. The largest absolute Gasteiger partial charge is 0.433 e. The van der Waals surface area contributed by atoms with Gasteiger partial charge in [-0.1, -0.05) is 36.4 Å². The molecule has 0 aliphatic carbocycles. The minimum Gasteiger partial charge on any atom is -0.433 e. The van der Waals surface area contributed by atoms with Crippen LogP contribution in [-0.4, -0.2) is 24.1 Å². The van der Waals surface area contributed by atoms with Gasteiger partial charge in [0.15, 0.2) is 0 Å². The molecular formula is C22H22N2O3. The number of ether oxygens (including phenoxy) is 1. The number of carbonyl (C=O) groups is 2. The fraction of sp³-hybridized carbons (Fsp3) is 0.273. The van der Waals surface area contributed by atoms with Crippen molar-refractivity contribution in [2.24, 2.45) is 0 Å². The van der Waals surface area contributed by atoms with Crippen molar-refractivity contribution in [1.82, 2.24) is 0 Å². The third-order valence-corrected chi connectivity index (χ3v) is 5.45. The van der Waals surface area contributed by atoms with Crippen LogP contribution in [0.25, 0.3) is 6.08 Å². The summed E-state index contributed by atoms with van der Waals surface area (Å²) in [4.78, 5) is 25.4. The van der Waals surface area contributed by atoms with E-state index in [4.69, 9.17) is 4.74 Å². The van der Waals surface area contributed by atoms with Gasteiger partial charge in [0.2, 0.25) is 11.6 Å². The molecule has 0 spiro atoms. The maximum absolute atomic E-state index is 12.2. The van der Waals surface area contributed by atoms with Gasteiger partial charge in [0, 0.05) is 18.3 Å². The predicted molar refractivity (Wildman–Crippen MR) is 105 cm³/mol. The number of esters is 1. The van der Waals surface area contributed by atoms with E-state index in [0.29, 0.717) is 0 Å². The number of rotatable bonds is 3. The molecule has 0 aromatic heterocycles. The van der Waals surface area contributed by atoms with Crippen molar-refractivity contribution in [2.75, 3.05) is 16.8 Å². The molecule has 1 amide bonds. The average Bonchev–Trinajstić information content (AvgIpc) is 3.06. The van der Waals surface area contributed by atoms with Gasteiger partial charge in [0.05, 0.1) is 5.41 Å². The third-order valence-electron chi connectivity index (χ3n) is 5.45. The molecule has 27 heavy (non-hydrogen) atoms. The summed E-state index contributed by atoms with van der Waals surface area (Å²) < 4.78 is 5.91. The van der Waals surface area contributed by atoms with Crippen molar-refractivity contribution >= 4 is 29.3 Å². The number of anilines is 2. The second-order valence-corrected chi connectivity index (χ2v) is 7.54. The number of para-hydroxylation sites is 1. The number of benzene rings is 2. The molecule has 1 atom stereocenters. The van der Waals surface area contributed by atoms with Gasteiger partial charge < -0.3 is 15.0 Å². The summed E-state index contributed by atoms with van der Waals surface area (Å²) >= 11 is 0. The number of carbonyl (C=O) groups excluding carboxylic acids is 2. The van der Waals surface area contributed by atoms with Crippen molar-refractivity contribution in [3.8, 4) is 0 Å². The van der Waals surface area contributed by atoms with Crippen LogP contribution in [0.15, 0.2) is 54.6 Å². The molecule has 1 fully saturated rings. The van der Waals surface area contributed by atoms with Crippen LogP contribution in [0.4, 0.5) is 11.4 Å². The summed E-state index contributed by atoms with van der Waals surface area (Å²) in [5.74, 6) is -0.320. The van der Waals surface area contributed by atoms with Gasteiger partial charge in [-0.2, -0.15) is 0 Å². The number of hydrogen-bond acceptors (Lipinski definition) is 4. The van der Waals surface area contributed by atoms with E-state index in [0.717, 1.165) is 16.9 Å². The fourth-order valence-electron chi connectivity index (χ4n) is 4.09. The van der Waals surface area contributed by atoms with Gasteiger partial charge in [-0.25, -0.2) is 0 Å². The number of fused-ring (bicyclic) bond motifs is 3. The Bertz CT molecular complexity index is 946. The van der Waals surface area contributed by atoms with Crippen molar-refractivity contribution in [3.63, 3.8) is 0 Å². The van der Waals surface area contributed by atoms with Crippen LogP contribution in [0.3, 0.4) is 0 Å². The number of amides is 1. The van der Waals surface area contributed by atoms with E-state index in [-0.39, 0.29) is 23.8 Å². The minimum absolute atomic E-state index is 0.101. The lowest BCUT2D eigenvalue weighted by Crippen LogP contribution is -2.51. The SMILES string of the molecule is CC(=O)Nc1ccc(/C=C/C23OC(=O)CN2c2ccccc2C3(C)C)cc1. The normalized spacial score (nSPS) is 22.5. The van der Waals surface area contributed by atoms with Gasteiger partial charge >= 0.3 is 5.97 Å². The van der Waals surface area contributed by atoms with Crippen molar-refractivity contribution in [2.45, 2.75) is 31.9 Å². The zero-order valence-corrected chi connectivity index (χ0v) is 15.7. The molecule has 2 aliphatic rings. The van der Waals surface area contributed by atoms with Crippen LogP contribution in [0.1, 0.15) is 31.9 Å². The zero-order valence-electron chi connectivity index (χ0n) is 15.7. The van der Waals surface area contributed by atoms with Gasteiger partial charge in [-0.3, -0.25) is 9.59 Å². The van der Waals surface area contributed by atoms with E-state index in [2.05, 4.69) is 25.2 Å². The van der Waals surface area contributed by atoms with Crippen molar-refractivity contribution < 1.29 is 14.3 Å². The molecule has 2 heterocycles. The maximum Gasteiger partial charge on any atom is 0.328 e. The standard InChI is InChI=1S/C22H22N2O3/c1-15(25)23-17-10-8-16(9-11-17)12-13-22-21(2,3)18-6-4-5-7-19(18)24(22)14-20(26)27-22/h4-13H,14H2,1-3H3,(H,23,25)/b13-12+. The summed E-state index contributed by atoms with van der Waals surface area (Å²) in [7, 11) is 0. The topological polar surface area (TPSA) is 58.6 Å². The molecule has 2 aliphatic heterocycles. The highest BCUT2D eigenvalue weighted by Crippen LogP contribution is 2.55. The fourth-order valence-corrected chi connectivity index (χ4v) is 4.09. The molecule has 5 nitrogen and oxygen atoms in total. The Morgan fingerprint density at radius 3 is 2.56 bits per heavy atom. The van der Waals surface area contributed by atoms with Crippen molar-refractivity contribution in [3.05, 3.63) is 65.7 Å². The highest BCUT2D eigenvalue weighted by atomic mass is 16.6. The Balaban J connectivity index is 1.70. The van der Waals surface area contributed by atoms with E-state index in [1.807, 2.05) is 59.5 Å². The Hall–Kier alpha value is -3.08. The molecule has 2 aromatic rings. The molecule has 5 heteroatoms. The Morgan fingerprint density at radius 1 is 1.15 bits per heavy atom. The predicted octanol–water partition coefficient (Wildman–Crippen LogP) is 3.71. The monoisotopic (exact) mass is 362 g/mol. The second-order valence-electron chi connectivity index (χ2n) is 7.54. The van der Waals surface area contributed by atoms with Gasteiger partial charge in [0.25, 0.3) is 0 Å². The molecule has 4 rings (SSSR count).